The summed E-state index contributed by atoms with van der Waals surface area (Å²) >= 11 is 0. The molecule has 1 saturated heterocycles. The first kappa shape index (κ1) is 47.1. The van der Waals surface area contributed by atoms with Crippen LogP contribution in [0.2, 0.25) is 0 Å². The lowest BCUT2D eigenvalue weighted by Gasteiger charge is -2.27. The van der Waals surface area contributed by atoms with E-state index >= 15 is 4.39 Å². The number of piperidine rings is 1. The van der Waals surface area contributed by atoms with E-state index in [9.17, 15) is 33.0 Å². The molecule has 0 bridgehead atoms. The van der Waals surface area contributed by atoms with Gasteiger partial charge in [0.05, 0.1) is 62.1 Å². The number of nitrogens with zero attached hydrogens (tertiary/aromatic N) is 2. The number of carbonyl (C=O) groups is 6. The number of halogens is 1. The van der Waals surface area contributed by atoms with E-state index in [0.29, 0.717) is 66.5 Å². The molecular formula is C48H47FN8O10S. The third-order valence-corrected chi connectivity index (χ3v) is 12.5. The number of imide groups is 2. The van der Waals surface area contributed by atoms with E-state index in [1.807, 2.05) is 6.07 Å². The summed E-state index contributed by atoms with van der Waals surface area (Å²) in [6, 6.07) is 21.8. The second-order valence-corrected chi connectivity index (χ2v) is 17.1. The molecule has 0 saturated carbocycles. The van der Waals surface area contributed by atoms with Crippen LogP contribution in [-0.2, 0) is 46.0 Å². The zero-order valence-electron chi connectivity index (χ0n) is 36.6. The van der Waals surface area contributed by atoms with Gasteiger partial charge in [0.15, 0.2) is 0 Å². The van der Waals surface area contributed by atoms with Crippen molar-refractivity contribution in [1.29, 1.82) is 0 Å². The van der Waals surface area contributed by atoms with Crippen LogP contribution in [0.15, 0.2) is 96.0 Å². The van der Waals surface area contributed by atoms with Crippen LogP contribution >= 0.6 is 0 Å². The van der Waals surface area contributed by atoms with Crippen molar-refractivity contribution in [2.24, 2.45) is 0 Å². The van der Waals surface area contributed by atoms with E-state index < -0.39 is 46.5 Å². The van der Waals surface area contributed by atoms with Gasteiger partial charge in [-0.05, 0) is 84.6 Å². The Hall–Kier alpha value is -7.39. The lowest BCUT2D eigenvalue weighted by molar-refractivity contribution is -0.136. The number of nitrogens with one attached hydrogen (secondary N) is 5. The van der Waals surface area contributed by atoms with Gasteiger partial charge in [-0.3, -0.25) is 39.0 Å². The van der Waals surface area contributed by atoms with Gasteiger partial charge in [-0.25, -0.2) is 13.6 Å². The predicted octanol–water partition coefficient (Wildman–Crippen LogP) is 4.45. The van der Waals surface area contributed by atoms with Gasteiger partial charge in [-0.1, -0.05) is 24.3 Å². The third-order valence-electron chi connectivity index (χ3n) is 11.4. The molecular weight excluding hydrogens is 900 g/mol. The van der Waals surface area contributed by atoms with Gasteiger partial charge >= 0.3 is 0 Å². The number of nitrogens with two attached hydrogens (primary N) is 1. The number of anilines is 4. The molecule has 2 unspecified atom stereocenters. The summed E-state index contributed by atoms with van der Waals surface area (Å²) in [7, 11) is -1.81. The van der Waals surface area contributed by atoms with Gasteiger partial charge < -0.3 is 40.6 Å². The number of amides is 6. The summed E-state index contributed by atoms with van der Waals surface area (Å²) < 4.78 is 48.2. The molecule has 3 aliphatic rings. The molecule has 352 valence electrons. The molecule has 4 aromatic carbocycles. The minimum absolute atomic E-state index is 0.0394. The Morgan fingerprint density at radius 1 is 0.794 bits per heavy atom. The minimum Gasteiger partial charge on any atom is -0.383 e. The third kappa shape index (κ3) is 10.9. The number of pyridine rings is 1. The van der Waals surface area contributed by atoms with Crippen molar-refractivity contribution in [3.05, 3.63) is 119 Å². The van der Waals surface area contributed by atoms with Crippen LogP contribution < -0.4 is 31.7 Å². The molecule has 0 aliphatic carbocycles. The zero-order chi connectivity index (χ0) is 47.7. The van der Waals surface area contributed by atoms with Crippen molar-refractivity contribution < 1.29 is 51.6 Å². The van der Waals surface area contributed by atoms with E-state index in [4.69, 9.17) is 19.9 Å². The monoisotopic (exact) mass is 946 g/mol. The summed E-state index contributed by atoms with van der Waals surface area (Å²) in [5.74, 6) is -3.01. The van der Waals surface area contributed by atoms with Crippen LogP contribution in [0.25, 0.3) is 22.3 Å². The number of rotatable bonds is 20. The van der Waals surface area contributed by atoms with Gasteiger partial charge in [-0.15, -0.1) is 0 Å². The van der Waals surface area contributed by atoms with E-state index in [1.165, 1.54) is 24.4 Å². The Kier molecular flexibility index (Phi) is 14.9. The first-order valence-electron chi connectivity index (χ1n) is 21.8. The molecule has 0 radical (unpaired) electrons. The first-order valence-corrected chi connectivity index (χ1v) is 23.0. The number of hydrogen-bond donors (Lipinski definition) is 6. The summed E-state index contributed by atoms with van der Waals surface area (Å²) in [4.78, 5) is 80.3. The first-order chi connectivity index (χ1) is 32.9. The van der Waals surface area contributed by atoms with Gasteiger partial charge in [0.25, 0.3) is 17.7 Å². The highest BCUT2D eigenvalue weighted by Gasteiger charge is 2.45. The molecule has 2 atom stereocenters. The van der Waals surface area contributed by atoms with Crippen LogP contribution in [-0.4, -0.2) is 108 Å². The fourth-order valence-electron chi connectivity index (χ4n) is 7.93. The molecule has 68 heavy (non-hydrogen) atoms. The average Bonchev–Trinajstić information content (AvgIpc) is 3.58. The maximum Gasteiger partial charge on any atom is 0.264 e. The number of nitrogen functional groups attached to an aromatic ring is 1. The second kappa shape index (κ2) is 21.5. The summed E-state index contributed by atoms with van der Waals surface area (Å²) in [6.07, 6.45) is 2.37. The SMILES string of the molecule is Nc1ncc(-c2ccc(S(=O)Nc3ccc(NC(=O)CCOCCOCCOCCNc4cccc5c4C(=O)N(C4CCC(=O)NC4=O)C5=O)cc3)cc2F)cc1-c1ccc2c(c1)CCNC2=O. The molecule has 1 fully saturated rings. The van der Waals surface area contributed by atoms with Gasteiger partial charge in [0.2, 0.25) is 17.7 Å². The standard InChI is InChI=1S/C48H47FN8O10S/c49-38-26-33(9-11-34(38)30-25-37(44(50)53-27-30)28-4-10-35-29(24-28)14-16-52-45(35)60)68(64)56-32-7-5-31(6-8-32)54-42(59)15-18-65-20-22-67-23-21-66-19-17-51-39-3-1-2-36-43(39)48(63)57(47(36)62)40-12-13-41(58)55-46(40)61/h1-11,24-27,40,51,56H,12-23H2,(H2,50,53)(H,52,60)(H,54,59)(H,55,58,61). The average molecular weight is 947 g/mol. The molecule has 4 heterocycles. The second-order valence-electron chi connectivity index (χ2n) is 15.9. The largest absolute Gasteiger partial charge is 0.383 e. The normalized spacial score (nSPS) is 15.9. The molecule has 8 rings (SSSR count). The minimum atomic E-state index is -1.81. The Labute approximate surface area is 392 Å². The highest BCUT2D eigenvalue weighted by atomic mass is 32.2. The quantitative estimate of drug-likeness (QED) is 0.0467. The lowest BCUT2D eigenvalue weighted by atomic mass is 9.94. The number of benzene rings is 4. The number of fused-ring (bicyclic) bond motifs is 2. The van der Waals surface area contributed by atoms with E-state index in [-0.39, 0.29) is 84.9 Å². The van der Waals surface area contributed by atoms with Crippen LogP contribution in [0, 0.1) is 5.82 Å². The summed E-state index contributed by atoms with van der Waals surface area (Å²) in [6.45, 7) is 2.46. The van der Waals surface area contributed by atoms with Crippen molar-refractivity contribution in [3.63, 3.8) is 0 Å². The smallest absolute Gasteiger partial charge is 0.264 e. The van der Waals surface area contributed by atoms with Crippen LogP contribution in [0.1, 0.15) is 55.9 Å². The zero-order valence-corrected chi connectivity index (χ0v) is 37.4. The van der Waals surface area contributed by atoms with Crippen molar-refractivity contribution in [1.82, 2.24) is 20.5 Å². The van der Waals surface area contributed by atoms with Crippen LogP contribution in [0.5, 0.6) is 0 Å². The number of aromatic nitrogens is 1. The van der Waals surface area contributed by atoms with E-state index in [2.05, 4.69) is 31.0 Å². The van der Waals surface area contributed by atoms with Gasteiger partial charge in [0, 0.05) is 65.0 Å². The molecule has 1 aromatic heterocycles. The molecule has 0 spiro atoms. The Morgan fingerprint density at radius 3 is 2.29 bits per heavy atom. The van der Waals surface area contributed by atoms with E-state index in [1.54, 1.807) is 60.7 Å². The van der Waals surface area contributed by atoms with Gasteiger partial charge in [0.1, 0.15) is 28.7 Å². The molecule has 5 aromatic rings. The molecule has 3 aliphatic heterocycles. The Bertz CT molecular complexity index is 2810. The number of ether oxygens (including phenoxy) is 3. The summed E-state index contributed by atoms with van der Waals surface area (Å²) in [5, 5.41) is 10.9. The molecule has 7 N–H and O–H groups in total. The Morgan fingerprint density at radius 2 is 1.53 bits per heavy atom. The Balaban J connectivity index is 0.695. The van der Waals surface area contributed by atoms with Crippen molar-refractivity contribution >= 4 is 69.3 Å². The van der Waals surface area contributed by atoms with Gasteiger partial charge in [-0.2, -0.15) is 0 Å². The van der Waals surface area contributed by atoms with Crippen LogP contribution in [0.3, 0.4) is 0 Å². The fraction of sp³-hybridized carbons (Fsp3) is 0.271. The molecule has 20 heteroatoms. The van der Waals surface area contributed by atoms with Crippen molar-refractivity contribution in [2.75, 3.05) is 73.8 Å². The highest BCUT2D eigenvalue weighted by Crippen LogP contribution is 2.34. The van der Waals surface area contributed by atoms with Crippen molar-refractivity contribution in [3.8, 4) is 22.3 Å². The maximum atomic E-state index is 15.5. The topological polar surface area (TPSA) is 249 Å². The lowest BCUT2D eigenvalue weighted by Crippen LogP contribution is -2.54. The maximum absolute atomic E-state index is 15.5. The van der Waals surface area contributed by atoms with Crippen molar-refractivity contribution in [2.45, 2.75) is 36.6 Å². The summed E-state index contributed by atoms with van der Waals surface area (Å²) in [5.41, 5.74) is 11.6. The predicted molar refractivity (Wildman–Crippen MR) is 249 cm³/mol. The number of hydrogen-bond acceptors (Lipinski definition) is 13. The molecule has 18 nitrogen and oxygen atoms in total. The highest BCUT2D eigenvalue weighted by molar-refractivity contribution is 7.86. The molecule has 6 amide bonds. The van der Waals surface area contributed by atoms with Crippen LogP contribution in [0.4, 0.5) is 27.3 Å². The van der Waals surface area contributed by atoms with E-state index in [0.717, 1.165) is 16.0 Å². The number of carbonyl (C=O) groups excluding carboxylic acids is 6. The fourth-order valence-corrected chi connectivity index (χ4v) is 8.80.